The van der Waals surface area contributed by atoms with Crippen LogP contribution in [0, 0.1) is 0 Å². The van der Waals surface area contributed by atoms with Crippen LogP contribution in [0.2, 0.25) is 0 Å². The summed E-state index contributed by atoms with van der Waals surface area (Å²) >= 11 is 0. The average molecular weight is 391 g/mol. The molecule has 0 N–H and O–H groups in total. The summed E-state index contributed by atoms with van der Waals surface area (Å²) in [5.41, 5.74) is 1.81. The summed E-state index contributed by atoms with van der Waals surface area (Å²) in [5.74, 6) is 2.95. The van der Waals surface area contributed by atoms with Gasteiger partial charge in [0.05, 0.1) is 6.61 Å². The first-order valence-electron chi connectivity index (χ1n) is 10.0. The van der Waals surface area contributed by atoms with Crippen molar-refractivity contribution < 1.29 is 4.74 Å². The Morgan fingerprint density at radius 3 is 2.45 bits per heavy atom. The van der Waals surface area contributed by atoms with Crippen LogP contribution in [-0.2, 0) is 6.42 Å². The summed E-state index contributed by atoms with van der Waals surface area (Å²) in [6, 6.07) is 9.66. The highest BCUT2D eigenvalue weighted by molar-refractivity contribution is 5.54. The summed E-state index contributed by atoms with van der Waals surface area (Å²) in [6.45, 7) is 7.96. The highest BCUT2D eigenvalue weighted by atomic mass is 16.5. The molecule has 1 saturated heterocycles. The lowest BCUT2D eigenvalue weighted by molar-refractivity contribution is 0.326. The van der Waals surface area contributed by atoms with Gasteiger partial charge in [-0.1, -0.05) is 13.0 Å². The van der Waals surface area contributed by atoms with Gasteiger partial charge in [-0.25, -0.2) is 15.0 Å². The first kappa shape index (κ1) is 19.0. The van der Waals surface area contributed by atoms with Crippen molar-refractivity contribution in [3.8, 4) is 17.4 Å². The van der Waals surface area contributed by atoms with Crippen molar-refractivity contribution in [3.05, 3.63) is 48.4 Å². The van der Waals surface area contributed by atoms with Crippen molar-refractivity contribution in [2.45, 2.75) is 20.3 Å². The molecule has 3 aromatic heterocycles. The van der Waals surface area contributed by atoms with Gasteiger partial charge in [0.2, 0.25) is 11.8 Å². The van der Waals surface area contributed by atoms with Crippen molar-refractivity contribution in [1.29, 1.82) is 0 Å². The highest BCUT2D eigenvalue weighted by Gasteiger charge is 2.21. The fourth-order valence-corrected chi connectivity index (χ4v) is 3.28. The van der Waals surface area contributed by atoms with Crippen LogP contribution in [0.1, 0.15) is 19.5 Å². The maximum Gasteiger partial charge on any atom is 0.228 e. The second-order valence-electron chi connectivity index (χ2n) is 6.71. The second kappa shape index (κ2) is 8.81. The van der Waals surface area contributed by atoms with E-state index in [0.29, 0.717) is 24.3 Å². The van der Waals surface area contributed by atoms with E-state index >= 15 is 0 Å². The monoisotopic (exact) mass is 391 g/mol. The first-order chi connectivity index (χ1) is 14.3. The van der Waals surface area contributed by atoms with E-state index in [2.05, 4.69) is 42.7 Å². The van der Waals surface area contributed by atoms with Gasteiger partial charge >= 0.3 is 0 Å². The van der Waals surface area contributed by atoms with Gasteiger partial charge in [0.15, 0.2) is 5.82 Å². The predicted molar refractivity (Wildman–Crippen MR) is 112 cm³/mol. The predicted octanol–water partition coefficient (Wildman–Crippen LogP) is 2.62. The molecule has 3 aromatic rings. The number of anilines is 2. The zero-order valence-electron chi connectivity index (χ0n) is 16.8. The molecule has 1 aliphatic heterocycles. The zero-order chi connectivity index (χ0) is 20.1. The summed E-state index contributed by atoms with van der Waals surface area (Å²) < 4.78 is 5.50. The third-order valence-corrected chi connectivity index (χ3v) is 4.82. The van der Waals surface area contributed by atoms with Crippen molar-refractivity contribution in [1.82, 2.24) is 24.9 Å². The molecule has 8 nitrogen and oxygen atoms in total. The fourth-order valence-electron chi connectivity index (χ4n) is 3.28. The van der Waals surface area contributed by atoms with E-state index in [1.165, 1.54) is 0 Å². The van der Waals surface area contributed by atoms with Gasteiger partial charge in [-0.3, -0.25) is 4.98 Å². The van der Waals surface area contributed by atoms with Crippen molar-refractivity contribution in [3.63, 3.8) is 0 Å². The Hall–Kier alpha value is -3.29. The molecule has 0 aliphatic carbocycles. The number of rotatable bonds is 6. The molecule has 0 amide bonds. The normalized spacial score (nSPS) is 14.1. The molecule has 4 heterocycles. The van der Waals surface area contributed by atoms with Gasteiger partial charge in [-0.05, 0) is 25.5 Å². The van der Waals surface area contributed by atoms with E-state index in [4.69, 9.17) is 9.72 Å². The molecule has 150 valence electrons. The van der Waals surface area contributed by atoms with Gasteiger partial charge in [-0.15, -0.1) is 0 Å². The Bertz CT molecular complexity index is 943. The molecule has 0 unspecified atom stereocenters. The Morgan fingerprint density at radius 1 is 0.897 bits per heavy atom. The van der Waals surface area contributed by atoms with Gasteiger partial charge in [0.1, 0.15) is 11.5 Å². The van der Waals surface area contributed by atoms with E-state index in [1.54, 1.807) is 18.5 Å². The highest BCUT2D eigenvalue weighted by Crippen LogP contribution is 2.22. The van der Waals surface area contributed by atoms with Crippen LogP contribution in [0.4, 0.5) is 11.8 Å². The van der Waals surface area contributed by atoms with Crippen molar-refractivity contribution >= 4 is 11.8 Å². The first-order valence-corrected chi connectivity index (χ1v) is 10.0. The molecule has 0 atom stereocenters. The Balaban J connectivity index is 1.50. The Kier molecular flexibility index (Phi) is 5.79. The Morgan fingerprint density at radius 2 is 1.72 bits per heavy atom. The Labute approximate surface area is 170 Å². The maximum absolute atomic E-state index is 5.50. The van der Waals surface area contributed by atoms with Gasteiger partial charge in [0.25, 0.3) is 0 Å². The smallest absolute Gasteiger partial charge is 0.228 e. The molecular formula is C21H25N7O. The standard InChI is InChI=1S/C21H25N7O/c1-3-16-15-18(25-20(24-16)17-7-5-6-9-22-17)27-11-13-28(14-12-27)21-23-10-8-19(26-21)29-4-2/h5-10,15H,3-4,11-14H2,1-2H3. The molecule has 1 aliphatic rings. The van der Waals surface area contributed by atoms with Crippen molar-refractivity contribution in [2.75, 3.05) is 42.6 Å². The third kappa shape index (κ3) is 4.42. The van der Waals surface area contributed by atoms with E-state index in [-0.39, 0.29) is 0 Å². The number of hydrogen-bond donors (Lipinski definition) is 0. The molecule has 1 fully saturated rings. The molecule has 0 saturated carbocycles. The van der Waals surface area contributed by atoms with Crippen LogP contribution < -0.4 is 14.5 Å². The van der Waals surface area contributed by atoms with Gasteiger partial charge < -0.3 is 14.5 Å². The topological polar surface area (TPSA) is 80.2 Å². The van der Waals surface area contributed by atoms with Crippen molar-refractivity contribution in [2.24, 2.45) is 0 Å². The fraction of sp³-hybridized carbons (Fsp3) is 0.381. The number of ether oxygens (including phenoxy) is 1. The van der Waals surface area contributed by atoms with Crippen LogP contribution in [0.5, 0.6) is 5.88 Å². The van der Waals surface area contributed by atoms with E-state index < -0.39 is 0 Å². The van der Waals surface area contributed by atoms with Crippen LogP contribution in [-0.4, -0.2) is 57.7 Å². The van der Waals surface area contributed by atoms with Gasteiger partial charge in [-0.2, -0.15) is 4.98 Å². The largest absolute Gasteiger partial charge is 0.478 e. The van der Waals surface area contributed by atoms with E-state index in [0.717, 1.165) is 49.8 Å². The summed E-state index contributed by atoms with van der Waals surface area (Å²) in [7, 11) is 0. The lowest BCUT2D eigenvalue weighted by Gasteiger charge is -2.35. The molecular weight excluding hydrogens is 366 g/mol. The molecule has 29 heavy (non-hydrogen) atoms. The number of aryl methyl sites for hydroxylation is 1. The summed E-state index contributed by atoms with van der Waals surface area (Å²) in [6.07, 6.45) is 4.37. The van der Waals surface area contributed by atoms with E-state index in [9.17, 15) is 0 Å². The number of aromatic nitrogens is 5. The number of piperazine rings is 1. The number of hydrogen-bond acceptors (Lipinski definition) is 8. The third-order valence-electron chi connectivity index (χ3n) is 4.82. The van der Waals surface area contributed by atoms with Gasteiger partial charge in [0, 0.05) is 56.4 Å². The van der Waals surface area contributed by atoms with E-state index in [1.807, 2.05) is 25.1 Å². The molecule has 0 radical (unpaired) electrons. The lowest BCUT2D eigenvalue weighted by Crippen LogP contribution is -2.47. The lowest BCUT2D eigenvalue weighted by atomic mass is 10.2. The summed E-state index contributed by atoms with van der Waals surface area (Å²) in [4.78, 5) is 27.2. The van der Waals surface area contributed by atoms with Crippen LogP contribution in [0.25, 0.3) is 11.5 Å². The number of nitrogens with zero attached hydrogens (tertiary/aromatic N) is 7. The quantitative estimate of drug-likeness (QED) is 0.634. The molecule has 0 aromatic carbocycles. The van der Waals surface area contributed by atoms with Crippen LogP contribution in [0.3, 0.4) is 0 Å². The molecule has 4 rings (SSSR count). The number of pyridine rings is 1. The minimum atomic E-state index is 0.594. The zero-order valence-corrected chi connectivity index (χ0v) is 16.8. The van der Waals surface area contributed by atoms with Crippen LogP contribution in [0.15, 0.2) is 42.7 Å². The average Bonchev–Trinajstić information content (AvgIpc) is 2.80. The maximum atomic E-state index is 5.50. The van der Waals surface area contributed by atoms with Crippen LogP contribution >= 0.6 is 0 Å². The molecule has 0 bridgehead atoms. The molecule has 8 heteroatoms. The SMILES string of the molecule is CCOc1ccnc(N2CCN(c3cc(CC)nc(-c4ccccn4)n3)CC2)n1. The second-order valence-corrected chi connectivity index (χ2v) is 6.71. The molecule has 0 spiro atoms. The minimum absolute atomic E-state index is 0.594. The minimum Gasteiger partial charge on any atom is -0.478 e. The summed E-state index contributed by atoms with van der Waals surface area (Å²) in [5, 5.41) is 0.